The molecule has 1 heterocycles. The molecule has 7 nitrogen and oxygen atoms in total. The molecule has 0 radical (unpaired) electrons. The maximum atomic E-state index is 12.7. The van der Waals surface area contributed by atoms with Crippen LogP contribution in [0.3, 0.4) is 0 Å². The van der Waals surface area contributed by atoms with Crippen molar-refractivity contribution in [3.63, 3.8) is 0 Å². The van der Waals surface area contributed by atoms with Crippen molar-refractivity contribution >= 4 is 33.0 Å². The molecule has 0 aliphatic heterocycles. The van der Waals surface area contributed by atoms with Gasteiger partial charge in [0.15, 0.2) is 9.84 Å². The highest BCUT2D eigenvalue weighted by Crippen LogP contribution is 2.55. The average molecular weight is 550 g/mol. The van der Waals surface area contributed by atoms with Crippen LogP contribution in [0.25, 0.3) is 11.5 Å². The normalized spacial score (nSPS) is 14.3. The van der Waals surface area contributed by atoms with Crippen molar-refractivity contribution < 1.29 is 17.6 Å². The van der Waals surface area contributed by atoms with Crippen LogP contribution in [0, 0.1) is 13.8 Å². The molecule has 1 N–H and O–H groups in total. The lowest BCUT2D eigenvalue weighted by molar-refractivity contribution is -0.115. The Balaban J connectivity index is 1.32. The van der Waals surface area contributed by atoms with E-state index in [0.717, 1.165) is 40.7 Å². The number of sulfone groups is 1. The molecule has 1 aliphatic carbocycles. The van der Waals surface area contributed by atoms with Crippen LogP contribution in [0.1, 0.15) is 47.9 Å². The molecular weight excluding hydrogens is 522 g/mol. The summed E-state index contributed by atoms with van der Waals surface area (Å²) in [6, 6.07) is 17.7. The fourth-order valence-electron chi connectivity index (χ4n) is 4.98. The number of aromatic nitrogens is 2. The van der Waals surface area contributed by atoms with Gasteiger partial charge in [-0.25, -0.2) is 8.42 Å². The SMILES string of the molecule is CCS(=O)(=O)c1ccc(CC(=O)Nc2cc(C)c(C3(c4nnc(-c5ccc(Cl)cc5)o4)CC3)c(C)c2)cc1. The average Bonchev–Trinajstić information content (AvgIpc) is 3.51. The Morgan fingerprint density at radius 3 is 2.21 bits per heavy atom. The molecule has 196 valence electrons. The number of hydrogen-bond acceptors (Lipinski definition) is 6. The molecule has 0 atom stereocenters. The van der Waals surface area contributed by atoms with E-state index in [1.807, 2.05) is 38.1 Å². The second kappa shape index (κ2) is 10.0. The van der Waals surface area contributed by atoms with Crippen LogP contribution in [0.15, 0.2) is 70.0 Å². The van der Waals surface area contributed by atoms with E-state index >= 15 is 0 Å². The van der Waals surface area contributed by atoms with E-state index in [-0.39, 0.29) is 28.4 Å². The van der Waals surface area contributed by atoms with Gasteiger partial charge in [0, 0.05) is 16.3 Å². The molecule has 5 rings (SSSR count). The highest BCUT2D eigenvalue weighted by molar-refractivity contribution is 7.91. The summed E-state index contributed by atoms with van der Waals surface area (Å²) in [6.45, 7) is 5.67. The van der Waals surface area contributed by atoms with E-state index in [4.69, 9.17) is 16.0 Å². The number of nitrogens with one attached hydrogen (secondary N) is 1. The molecule has 9 heteroatoms. The summed E-state index contributed by atoms with van der Waals surface area (Å²) >= 11 is 6.00. The highest BCUT2D eigenvalue weighted by Gasteiger charge is 2.52. The molecule has 4 aromatic rings. The Kier molecular flexibility index (Phi) is 6.88. The molecule has 1 amide bonds. The quantitative estimate of drug-likeness (QED) is 0.286. The summed E-state index contributed by atoms with van der Waals surface area (Å²) in [5.74, 6) is 0.924. The van der Waals surface area contributed by atoms with Gasteiger partial charge in [0.05, 0.1) is 22.5 Å². The van der Waals surface area contributed by atoms with Crippen LogP contribution in [-0.2, 0) is 26.5 Å². The van der Waals surface area contributed by atoms with Crippen molar-refractivity contribution in [3.8, 4) is 11.5 Å². The van der Waals surface area contributed by atoms with Gasteiger partial charge in [0.1, 0.15) is 0 Å². The van der Waals surface area contributed by atoms with Gasteiger partial charge in [-0.05, 0) is 97.5 Å². The van der Waals surface area contributed by atoms with E-state index in [1.165, 1.54) is 0 Å². The van der Waals surface area contributed by atoms with E-state index in [1.54, 1.807) is 43.3 Å². The largest absolute Gasteiger partial charge is 0.420 e. The topological polar surface area (TPSA) is 102 Å². The number of rotatable bonds is 8. The molecule has 1 aliphatic rings. The summed E-state index contributed by atoms with van der Waals surface area (Å²) < 4.78 is 30.2. The van der Waals surface area contributed by atoms with Crippen LogP contribution in [0.2, 0.25) is 5.02 Å². The van der Waals surface area contributed by atoms with Crippen molar-refractivity contribution in [2.75, 3.05) is 11.1 Å². The maximum absolute atomic E-state index is 12.7. The summed E-state index contributed by atoms with van der Waals surface area (Å²) in [5, 5.41) is 12.3. The van der Waals surface area contributed by atoms with Crippen LogP contribution in [0.4, 0.5) is 5.69 Å². The predicted molar refractivity (Wildman–Crippen MR) is 147 cm³/mol. The number of hydrogen-bond donors (Lipinski definition) is 1. The van der Waals surface area contributed by atoms with Crippen molar-refractivity contribution in [1.29, 1.82) is 0 Å². The monoisotopic (exact) mass is 549 g/mol. The van der Waals surface area contributed by atoms with E-state index in [0.29, 0.717) is 22.5 Å². The third-order valence-corrected chi connectivity index (χ3v) is 9.00. The third-order valence-electron chi connectivity index (χ3n) is 7.00. The number of aryl methyl sites for hydroxylation is 2. The van der Waals surface area contributed by atoms with Gasteiger partial charge in [-0.3, -0.25) is 4.79 Å². The molecule has 38 heavy (non-hydrogen) atoms. The zero-order valence-corrected chi connectivity index (χ0v) is 23.0. The number of anilines is 1. The fraction of sp³-hybridized carbons (Fsp3) is 0.276. The third kappa shape index (κ3) is 5.11. The van der Waals surface area contributed by atoms with E-state index in [2.05, 4.69) is 15.5 Å². The molecule has 0 bridgehead atoms. The van der Waals surface area contributed by atoms with Crippen molar-refractivity contribution in [3.05, 3.63) is 93.8 Å². The number of nitrogens with zero attached hydrogens (tertiary/aromatic N) is 2. The summed E-state index contributed by atoms with van der Waals surface area (Å²) in [4.78, 5) is 13.0. The van der Waals surface area contributed by atoms with Gasteiger partial charge in [-0.2, -0.15) is 0 Å². The Bertz CT molecular complexity index is 1580. The van der Waals surface area contributed by atoms with Gasteiger partial charge in [0.25, 0.3) is 0 Å². The van der Waals surface area contributed by atoms with Crippen LogP contribution >= 0.6 is 11.6 Å². The lowest BCUT2D eigenvalue weighted by atomic mass is 9.87. The lowest BCUT2D eigenvalue weighted by Crippen LogP contribution is -2.17. The smallest absolute Gasteiger partial charge is 0.247 e. The number of benzene rings is 3. The Labute approximate surface area is 227 Å². The first-order valence-electron chi connectivity index (χ1n) is 12.4. The first kappa shape index (κ1) is 26.1. The van der Waals surface area contributed by atoms with E-state index in [9.17, 15) is 13.2 Å². The molecule has 1 saturated carbocycles. The molecule has 3 aromatic carbocycles. The molecule has 0 unspecified atom stereocenters. The fourth-order valence-corrected chi connectivity index (χ4v) is 5.99. The first-order valence-corrected chi connectivity index (χ1v) is 14.5. The molecule has 0 saturated heterocycles. The van der Waals surface area contributed by atoms with Crippen LogP contribution in [0.5, 0.6) is 0 Å². The number of carbonyl (C=O) groups excluding carboxylic acids is 1. The van der Waals surface area contributed by atoms with Gasteiger partial charge < -0.3 is 9.73 Å². The zero-order chi connectivity index (χ0) is 27.1. The summed E-state index contributed by atoms with van der Waals surface area (Å²) in [5.41, 5.74) is 5.17. The minimum Gasteiger partial charge on any atom is -0.420 e. The van der Waals surface area contributed by atoms with Gasteiger partial charge in [0.2, 0.25) is 17.7 Å². The standard InChI is InChI=1S/C29H28ClN3O4S/c1-4-38(35,36)24-11-5-20(6-12-24)17-25(34)31-23-15-18(2)26(19(3)16-23)29(13-14-29)28-33-32-27(37-28)21-7-9-22(30)10-8-21/h5-12,15-16H,4,13-14,17H2,1-3H3,(H,31,34). The number of halogens is 1. The molecule has 1 aromatic heterocycles. The summed E-state index contributed by atoms with van der Waals surface area (Å²) in [7, 11) is -3.27. The molecule has 0 spiro atoms. The number of carbonyl (C=O) groups is 1. The summed E-state index contributed by atoms with van der Waals surface area (Å²) in [6.07, 6.45) is 1.96. The van der Waals surface area contributed by atoms with Crippen LogP contribution in [-0.4, -0.2) is 30.3 Å². The van der Waals surface area contributed by atoms with Crippen LogP contribution < -0.4 is 5.32 Å². The van der Waals surface area contributed by atoms with Crippen molar-refractivity contribution in [2.24, 2.45) is 0 Å². The minimum absolute atomic E-state index is 0.0405. The highest BCUT2D eigenvalue weighted by atomic mass is 35.5. The van der Waals surface area contributed by atoms with Crippen molar-refractivity contribution in [2.45, 2.75) is 50.3 Å². The van der Waals surface area contributed by atoms with Gasteiger partial charge >= 0.3 is 0 Å². The Morgan fingerprint density at radius 1 is 1.00 bits per heavy atom. The molecular formula is C29H28ClN3O4S. The zero-order valence-electron chi connectivity index (χ0n) is 21.4. The minimum atomic E-state index is -3.27. The van der Waals surface area contributed by atoms with Gasteiger partial charge in [-0.15, -0.1) is 10.2 Å². The Morgan fingerprint density at radius 2 is 1.63 bits per heavy atom. The maximum Gasteiger partial charge on any atom is 0.247 e. The lowest BCUT2D eigenvalue weighted by Gasteiger charge is -2.19. The second-order valence-corrected chi connectivity index (χ2v) is 12.5. The van der Waals surface area contributed by atoms with E-state index < -0.39 is 9.84 Å². The van der Waals surface area contributed by atoms with Crippen molar-refractivity contribution in [1.82, 2.24) is 10.2 Å². The Hall–Kier alpha value is -3.49. The predicted octanol–water partition coefficient (Wildman–Crippen LogP) is 6.06. The molecule has 1 fully saturated rings. The number of amides is 1. The van der Waals surface area contributed by atoms with Gasteiger partial charge in [-0.1, -0.05) is 30.7 Å². The second-order valence-electron chi connectivity index (χ2n) is 9.76. The first-order chi connectivity index (χ1) is 18.1.